The molecule has 0 aliphatic heterocycles. The molecule has 0 saturated heterocycles. The quantitative estimate of drug-likeness (QED) is 0.788. The van der Waals surface area contributed by atoms with E-state index in [0.29, 0.717) is 28.7 Å². The first-order chi connectivity index (χ1) is 9.25. The molecule has 0 fully saturated rings. The van der Waals surface area contributed by atoms with E-state index in [2.05, 4.69) is 6.07 Å². The van der Waals surface area contributed by atoms with Crippen molar-refractivity contribution in [1.29, 1.82) is 5.26 Å². The number of methoxy groups -OCH3 is 1. The van der Waals surface area contributed by atoms with Gasteiger partial charge in [0.1, 0.15) is 17.2 Å². The van der Waals surface area contributed by atoms with Crippen LogP contribution in [0, 0.1) is 11.3 Å². The Morgan fingerprint density at radius 2 is 1.74 bits per heavy atom. The van der Waals surface area contributed by atoms with Crippen molar-refractivity contribution >= 4 is 11.6 Å². The summed E-state index contributed by atoms with van der Waals surface area (Å²) in [4.78, 5) is 0. The van der Waals surface area contributed by atoms with Gasteiger partial charge in [-0.2, -0.15) is 5.26 Å². The summed E-state index contributed by atoms with van der Waals surface area (Å²) in [5.41, 5.74) is 1.52. The van der Waals surface area contributed by atoms with E-state index >= 15 is 0 Å². The van der Waals surface area contributed by atoms with Crippen LogP contribution in [-0.4, -0.2) is 7.11 Å². The molecule has 3 nitrogen and oxygen atoms in total. The summed E-state index contributed by atoms with van der Waals surface area (Å²) in [7, 11) is 1.55. The van der Waals surface area contributed by atoms with Crippen molar-refractivity contribution in [2.75, 3.05) is 7.11 Å². The van der Waals surface area contributed by atoms with Crippen LogP contribution < -0.4 is 9.47 Å². The second-order valence-corrected chi connectivity index (χ2v) is 4.16. The smallest absolute Gasteiger partial charge is 0.132 e. The molecule has 0 heterocycles. The minimum absolute atomic E-state index is 0.470. The number of halogens is 1. The minimum atomic E-state index is 0.470. The van der Waals surface area contributed by atoms with E-state index in [1.54, 1.807) is 25.3 Å². The predicted octanol–water partition coefficient (Wildman–Crippen LogP) is 4.10. The van der Waals surface area contributed by atoms with Crippen molar-refractivity contribution in [1.82, 2.24) is 0 Å². The predicted molar refractivity (Wildman–Crippen MR) is 73.8 cm³/mol. The first kappa shape index (κ1) is 13.3. The number of rotatable bonds is 4. The van der Waals surface area contributed by atoms with Gasteiger partial charge in [-0.25, -0.2) is 0 Å². The molecule has 2 rings (SSSR count). The Kier molecular flexibility index (Phi) is 4.27. The number of ether oxygens (including phenoxy) is 2. The van der Waals surface area contributed by atoms with E-state index in [0.717, 1.165) is 5.56 Å². The second kappa shape index (κ2) is 6.12. The molecule has 0 atom stereocenters. The van der Waals surface area contributed by atoms with E-state index in [-0.39, 0.29) is 0 Å². The first-order valence-corrected chi connectivity index (χ1v) is 6.20. The van der Waals surface area contributed by atoms with Crippen molar-refractivity contribution in [3.63, 3.8) is 0 Å². The van der Waals surface area contributed by atoms with Crippen LogP contribution in [0.4, 0.5) is 0 Å². The molecule has 0 radical (unpaired) electrons. The zero-order chi connectivity index (χ0) is 13.7. The summed E-state index contributed by atoms with van der Waals surface area (Å²) >= 11 is 5.73. The van der Waals surface area contributed by atoms with Crippen LogP contribution in [-0.2, 0) is 5.88 Å². The van der Waals surface area contributed by atoms with Crippen molar-refractivity contribution in [3.05, 3.63) is 53.6 Å². The van der Waals surface area contributed by atoms with Gasteiger partial charge < -0.3 is 9.47 Å². The van der Waals surface area contributed by atoms with Gasteiger partial charge in [-0.1, -0.05) is 12.1 Å². The van der Waals surface area contributed by atoms with Gasteiger partial charge in [0.25, 0.3) is 0 Å². The highest BCUT2D eigenvalue weighted by molar-refractivity contribution is 6.17. The minimum Gasteiger partial charge on any atom is -0.497 e. The number of alkyl halides is 1. The highest BCUT2D eigenvalue weighted by atomic mass is 35.5. The zero-order valence-electron chi connectivity index (χ0n) is 10.4. The monoisotopic (exact) mass is 273 g/mol. The Bertz CT molecular complexity index is 603. The maximum absolute atomic E-state index is 8.94. The third-order valence-corrected chi connectivity index (χ3v) is 2.87. The Labute approximate surface area is 117 Å². The molecule has 0 saturated carbocycles. The van der Waals surface area contributed by atoms with Crippen LogP contribution in [0.2, 0.25) is 0 Å². The lowest BCUT2D eigenvalue weighted by molar-refractivity contribution is 0.409. The highest BCUT2D eigenvalue weighted by Gasteiger charge is 2.03. The molecule has 4 heteroatoms. The van der Waals surface area contributed by atoms with Crippen molar-refractivity contribution in [3.8, 4) is 23.3 Å². The lowest BCUT2D eigenvalue weighted by atomic mass is 10.2. The normalized spacial score (nSPS) is 9.74. The van der Waals surface area contributed by atoms with Crippen LogP contribution in [0.3, 0.4) is 0 Å². The molecule has 0 bridgehead atoms. The van der Waals surface area contributed by atoms with Crippen molar-refractivity contribution < 1.29 is 9.47 Å². The molecule has 0 aliphatic carbocycles. The Morgan fingerprint density at radius 1 is 1.05 bits per heavy atom. The van der Waals surface area contributed by atoms with Crippen LogP contribution in [0.5, 0.6) is 17.2 Å². The van der Waals surface area contributed by atoms with E-state index < -0.39 is 0 Å². The summed E-state index contributed by atoms with van der Waals surface area (Å²) in [5, 5.41) is 8.94. The summed E-state index contributed by atoms with van der Waals surface area (Å²) in [5.74, 6) is 2.31. The maximum atomic E-state index is 8.94. The zero-order valence-corrected chi connectivity index (χ0v) is 11.1. The summed E-state index contributed by atoms with van der Waals surface area (Å²) in [6.45, 7) is 0. The average Bonchev–Trinajstić information content (AvgIpc) is 2.47. The molecule has 0 unspecified atom stereocenters. The number of nitrogens with zero attached hydrogens (tertiary/aromatic N) is 1. The van der Waals surface area contributed by atoms with Crippen LogP contribution in [0.15, 0.2) is 42.5 Å². The first-order valence-electron chi connectivity index (χ1n) is 5.67. The fourth-order valence-corrected chi connectivity index (χ4v) is 1.77. The van der Waals surface area contributed by atoms with Gasteiger partial charge in [-0.15, -0.1) is 11.6 Å². The van der Waals surface area contributed by atoms with Crippen LogP contribution in [0.1, 0.15) is 11.1 Å². The second-order valence-electron chi connectivity index (χ2n) is 3.89. The van der Waals surface area contributed by atoms with Gasteiger partial charge in [0.05, 0.1) is 18.7 Å². The van der Waals surface area contributed by atoms with Crippen LogP contribution in [0.25, 0.3) is 0 Å². The Balaban J connectivity index is 2.24. The molecular formula is C15H12ClNO2. The molecular weight excluding hydrogens is 262 g/mol. The molecule has 0 aromatic heterocycles. The molecule has 0 N–H and O–H groups in total. The third kappa shape index (κ3) is 3.40. The average molecular weight is 274 g/mol. The SMILES string of the molecule is COc1cc(C#N)cc(Oc2ccc(CCl)cc2)c1. The standard InChI is InChI=1S/C15H12ClNO2/c1-18-14-6-12(10-17)7-15(8-14)19-13-4-2-11(9-16)3-5-13/h2-8H,9H2,1H3. The summed E-state index contributed by atoms with van der Waals surface area (Å²) in [6.07, 6.45) is 0. The number of benzene rings is 2. The van der Waals surface area contributed by atoms with Crippen molar-refractivity contribution in [2.24, 2.45) is 0 Å². The molecule has 96 valence electrons. The lowest BCUT2D eigenvalue weighted by Gasteiger charge is -2.08. The van der Waals surface area contributed by atoms with E-state index in [4.69, 9.17) is 26.3 Å². The van der Waals surface area contributed by atoms with Crippen molar-refractivity contribution in [2.45, 2.75) is 5.88 Å². The Hall–Kier alpha value is -2.18. The van der Waals surface area contributed by atoms with E-state index in [1.165, 1.54) is 0 Å². The number of nitriles is 1. The molecule has 0 amide bonds. The summed E-state index contributed by atoms with van der Waals surface area (Å²) in [6, 6.07) is 14.6. The van der Waals surface area contributed by atoms with E-state index in [1.807, 2.05) is 24.3 Å². The fourth-order valence-electron chi connectivity index (χ4n) is 1.60. The molecule has 2 aromatic carbocycles. The largest absolute Gasteiger partial charge is 0.497 e. The van der Waals surface area contributed by atoms with Gasteiger partial charge in [-0.3, -0.25) is 0 Å². The summed E-state index contributed by atoms with van der Waals surface area (Å²) < 4.78 is 10.8. The molecule has 0 spiro atoms. The number of hydrogen-bond donors (Lipinski definition) is 0. The Morgan fingerprint density at radius 3 is 2.32 bits per heavy atom. The topological polar surface area (TPSA) is 42.2 Å². The highest BCUT2D eigenvalue weighted by Crippen LogP contribution is 2.27. The molecule has 2 aromatic rings. The van der Waals surface area contributed by atoms with Gasteiger partial charge in [-0.05, 0) is 29.8 Å². The lowest BCUT2D eigenvalue weighted by Crippen LogP contribution is -1.89. The van der Waals surface area contributed by atoms with E-state index in [9.17, 15) is 0 Å². The molecule has 19 heavy (non-hydrogen) atoms. The third-order valence-electron chi connectivity index (χ3n) is 2.56. The van der Waals surface area contributed by atoms with Gasteiger partial charge in [0, 0.05) is 11.9 Å². The van der Waals surface area contributed by atoms with Gasteiger partial charge >= 0.3 is 0 Å². The van der Waals surface area contributed by atoms with Gasteiger partial charge in [0.2, 0.25) is 0 Å². The number of hydrogen-bond acceptors (Lipinski definition) is 3. The molecule has 0 aliphatic rings. The van der Waals surface area contributed by atoms with Gasteiger partial charge in [0.15, 0.2) is 0 Å². The maximum Gasteiger partial charge on any atom is 0.132 e. The van der Waals surface area contributed by atoms with Crippen LogP contribution >= 0.6 is 11.6 Å². The fraction of sp³-hybridized carbons (Fsp3) is 0.133.